The Bertz CT molecular complexity index is 106. The molecule has 0 radical (unpaired) electrons. The first-order chi connectivity index (χ1) is 5.72. The topological polar surface area (TPSA) is 98.6 Å². The number of rotatable bonds is 3. The van der Waals surface area contributed by atoms with E-state index in [1.165, 1.54) is 7.11 Å². The number of nitrogens with one attached hydrogen (secondary N) is 1. The molecule has 1 unspecified atom stereocenters. The van der Waals surface area contributed by atoms with Gasteiger partial charge >= 0.3 is 21.0 Å². The van der Waals surface area contributed by atoms with Crippen molar-refractivity contribution in [2.24, 2.45) is 10.3 Å². The first-order valence-corrected chi connectivity index (χ1v) is 3.16. The minimum absolute atomic E-state index is 0. The molecule has 0 aromatic carbocycles. The van der Waals surface area contributed by atoms with Gasteiger partial charge in [0, 0.05) is 0 Å². The third-order valence-corrected chi connectivity index (χ3v) is 0.327. The molecule has 0 spiro atoms. The van der Waals surface area contributed by atoms with E-state index in [-0.39, 0.29) is 7.43 Å². The van der Waals surface area contributed by atoms with Crippen molar-refractivity contribution in [3.8, 4) is 0 Å². The molecular formula is C5H13MnN4O3-3. The quantitative estimate of drug-likeness (QED) is 0.305. The molecule has 0 fully saturated rings. The summed E-state index contributed by atoms with van der Waals surface area (Å²) in [5.41, 5.74) is 5.96. The van der Waals surface area contributed by atoms with E-state index in [0.29, 0.717) is 0 Å². The molecule has 13 heavy (non-hydrogen) atoms. The maximum absolute atomic E-state index is 9.89. The molecule has 0 aliphatic heterocycles. The molecule has 81 valence electrons. The van der Waals surface area contributed by atoms with Crippen molar-refractivity contribution in [1.82, 2.24) is 0 Å². The predicted molar refractivity (Wildman–Crippen MR) is 50.7 cm³/mol. The molecule has 8 heteroatoms. The summed E-state index contributed by atoms with van der Waals surface area (Å²) in [4.78, 5) is 4.05. The van der Waals surface area contributed by atoms with Crippen LogP contribution in [0.1, 0.15) is 0 Å². The van der Waals surface area contributed by atoms with Crippen LogP contribution in [0.15, 0.2) is 10.3 Å². The Labute approximate surface area is 85.9 Å². The molecule has 0 aromatic rings. The zero-order valence-corrected chi connectivity index (χ0v) is 8.75. The molecule has 0 aliphatic carbocycles. The van der Waals surface area contributed by atoms with Gasteiger partial charge in [0.25, 0.3) is 0 Å². The van der Waals surface area contributed by atoms with Crippen LogP contribution in [-0.2, 0) is 20.4 Å². The molecule has 7 nitrogen and oxygen atoms in total. The van der Waals surface area contributed by atoms with E-state index < -0.39 is 5.34 Å². The molecule has 0 rings (SSSR count). The summed E-state index contributed by atoms with van der Waals surface area (Å²) < 4.78 is 0. The minimum atomic E-state index is -0.727. The monoisotopic (exact) mass is 232 g/mol. The maximum atomic E-state index is 9.89. The van der Waals surface area contributed by atoms with E-state index in [0.717, 1.165) is 0 Å². The molecule has 0 saturated heterocycles. The van der Waals surface area contributed by atoms with Gasteiger partial charge in [-0.05, 0) is 13.4 Å². The van der Waals surface area contributed by atoms with Crippen LogP contribution in [-0.4, -0.2) is 26.0 Å². The second kappa shape index (κ2) is 30.3. The van der Waals surface area contributed by atoms with E-state index in [9.17, 15) is 5.21 Å². The van der Waals surface area contributed by atoms with Crippen LogP contribution in [0.3, 0.4) is 0 Å². The van der Waals surface area contributed by atoms with Crippen molar-refractivity contribution in [3.05, 3.63) is 23.4 Å². The third-order valence-electron chi connectivity index (χ3n) is 0.327. The summed E-state index contributed by atoms with van der Waals surface area (Å²) in [5, 5.41) is 22.5. The van der Waals surface area contributed by atoms with Crippen LogP contribution < -0.4 is 5.34 Å². The van der Waals surface area contributed by atoms with Crippen molar-refractivity contribution in [2.45, 2.75) is 0 Å². The van der Waals surface area contributed by atoms with Gasteiger partial charge in [-0.3, -0.25) is 5.34 Å². The van der Waals surface area contributed by atoms with Crippen LogP contribution >= 0.6 is 0 Å². The number of nitrogens with zero attached hydrogens (tertiary/aromatic N) is 3. The Morgan fingerprint density at radius 3 is 1.85 bits per heavy atom. The van der Waals surface area contributed by atoms with E-state index in [1.54, 1.807) is 0 Å². The second-order valence-electron chi connectivity index (χ2n) is 0.841. The number of quaternary nitrogens is 1. The molecule has 1 N–H and O–H groups in total. The van der Waals surface area contributed by atoms with Gasteiger partial charge in [-0.25, -0.2) is 4.84 Å². The van der Waals surface area contributed by atoms with Crippen molar-refractivity contribution < 1.29 is 25.7 Å². The Kier molecular flexibility index (Phi) is 53.1. The van der Waals surface area contributed by atoms with Crippen LogP contribution in [0.5, 0.6) is 0 Å². The predicted octanol–water partition coefficient (Wildman–Crippen LogP) is -0.565. The van der Waals surface area contributed by atoms with Crippen LogP contribution in [0.25, 0.3) is 5.53 Å². The average molecular weight is 232 g/mol. The van der Waals surface area contributed by atoms with Gasteiger partial charge in [0.2, 0.25) is 0 Å². The van der Waals surface area contributed by atoms with Crippen molar-refractivity contribution in [3.63, 3.8) is 0 Å². The SMILES string of the molecule is C=N[N-][NH+]([O-])OC.C=N[O-].[CH2]=[Mn].[CH3-]. The maximum Gasteiger partial charge on any atom is -0.358 e. The Morgan fingerprint density at radius 1 is 1.46 bits per heavy atom. The van der Waals surface area contributed by atoms with Crippen LogP contribution in [0.4, 0.5) is 0 Å². The summed E-state index contributed by atoms with van der Waals surface area (Å²) >= 11 is 2.69. The van der Waals surface area contributed by atoms with Gasteiger partial charge in [0.05, 0.1) is 7.11 Å². The fraction of sp³-hybridized carbons (Fsp3) is 0.200. The molecule has 0 aromatic heterocycles. The summed E-state index contributed by atoms with van der Waals surface area (Å²) in [6.07, 6.45) is 0. The third kappa shape index (κ3) is 53.7. The van der Waals surface area contributed by atoms with Gasteiger partial charge < -0.3 is 33.6 Å². The zero-order valence-electron chi connectivity index (χ0n) is 7.57. The smallest absolute Gasteiger partial charge is 0.358 e. The molecule has 0 saturated carbocycles. The fourth-order valence-corrected chi connectivity index (χ4v) is 0.0986. The van der Waals surface area contributed by atoms with Crippen molar-refractivity contribution >= 4 is 18.9 Å². The van der Waals surface area contributed by atoms with Gasteiger partial charge in [0.1, 0.15) is 0 Å². The fourth-order valence-electron chi connectivity index (χ4n) is 0.0986. The van der Waals surface area contributed by atoms with Gasteiger partial charge in [-0.15, -0.1) is 0 Å². The van der Waals surface area contributed by atoms with E-state index in [1.807, 2.05) is 5.16 Å². The Morgan fingerprint density at radius 2 is 1.77 bits per heavy atom. The molecular weight excluding hydrogens is 219 g/mol. The molecule has 0 heterocycles. The van der Waals surface area contributed by atoms with Gasteiger partial charge in [-0.2, -0.15) is 0 Å². The van der Waals surface area contributed by atoms with Crippen molar-refractivity contribution in [2.75, 3.05) is 7.11 Å². The van der Waals surface area contributed by atoms with Crippen LogP contribution in [0.2, 0.25) is 0 Å². The zero-order chi connectivity index (χ0) is 10.4. The summed E-state index contributed by atoms with van der Waals surface area (Å²) in [5.74, 6) is 0. The van der Waals surface area contributed by atoms with Gasteiger partial charge in [0.15, 0.2) is 0 Å². The average Bonchev–Trinajstić information content (AvgIpc) is 2.10. The Balaban J connectivity index is -0.0000000581. The summed E-state index contributed by atoms with van der Waals surface area (Å²) in [7, 11) is 1.22. The molecule has 0 bridgehead atoms. The number of hydrogen-bond acceptors (Lipinski definition) is 5. The molecule has 0 aliphatic rings. The van der Waals surface area contributed by atoms with Gasteiger partial charge in [-0.1, -0.05) is 0 Å². The molecule has 0 amide bonds. The summed E-state index contributed by atoms with van der Waals surface area (Å²) in [6.45, 7) is 5.49. The largest absolute Gasteiger partial charge is 0.358 e. The van der Waals surface area contributed by atoms with E-state index >= 15 is 0 Å². The van der Waals surface area contributed by atoms with Crippen LogP contribution in [0, 0.1) is 17.8 Å². The minimum Gasteiger partial charge on any atom is -0.358 e. The first-order valence-electron chi connectivity index (χ1n) is 2.32. The second-order valence-corrected chi connectivity index (χ2v) is 0.841. The first kappa shape index (κ1) is 22.8. The normalized spacial score (nSPS) is 8.15. The van der Waals surface area contributed by atoms with E-state index in [4.69, 9.17) is 5.21 Å². The Hall–Kier alpha value is -0.791. The molecule has 1 atom stereocenters. The van der Waals surface area contributed by atoms with E-state index in [2.05, 4.69) is 49.9 Å². The summed E-state index contributed by atoms with van der Waals surface area (Å²) in [6, 6.07) is 0. The standard InChI is InChI=1S/C2H6N3O2.CH3NO.CH3.CH2.Mn/c1-3-4-5(6)7-2;1-2-3;;;/h5H,1H2,2H3;3H,1H2;1H3;1H2;/q-1;;-1;;/p-1. The van der Waals surface area contributed by atoms with Crippen molar-refractivity contribution in [1.29, 1.82) is 0 Å². The number of hydrogen-bond donors (Lipinski definition) is 1.